The Hall–Kier alpha value is -3.20. The SMILES string of the molecule is Cn1cc(Nc2ncc(C(N)=O)c(Nc3c(F)cccc3Cl)n2)cn1. The fourth-order valence-corrected chi connectivity index (χ4v) is 2.28. The maximum absolute atomic E-state index is 14.0. The van der Waals surface area contributed by atoms with Crippen molar-refractivity contribution in [1.82, 2.24) is 19.7 Å². The Labute approximate surface area is 146 Å². The molecule has 0 unspecified atom stereocenters. The highest BCUT2D eigenvalue weighted by molar-refractivity contribution is 6.33. The maximum Gasteiger partial charge on any atom is 0.254 e. The molecule has 0 radical (unpaired) electrons. The van der Waals surface area contributed by atoms with Gasteiger partial charge in [0, 0.05) is 19.4 Å². The van der Waals surface area contributed by atoms with Gasteiger partial charge < -0.3 is 16.4 Å². The minimum atomic E-state index is -0.761. The Morgan fingerprint density at radius 2 is 2.12 bits per heavy atom. The molecule has 3 aromatic rings. The number of nitrogens with zero attached hydrogens (tertiary/aromatic N) is 4. The van der Waals surface area contributed by atoms with Crippen LogP contribution in [0.1, 0.15) is 10.4 Å². The van der Waals surface area contributed by atoms with Crippen molar-refractivity contribution in [3.63, 3.8) is 0 Å². The maximum atomic E-state index is 14.0. The second-order valence-corrected chi connectivity index (χ2v) is 5.48. The first-order valence-corrected chi connectivity index (χ1v) is 7.45. The van der Waals surface area contributed by atoms with Crippen LogP contribution in [0.15, 0.2) is 36.8 Å². The monoisotopic (exact) mass is 361 g/mol. The van der Waals surface area contributed by atoms with Gasteiger partial charge in [0.15, 0.2) is 0 Å². The lowest BCUT2D eigenvalue weighted by Crippen LogP contribution is -2.16. The smallest absolute Gasteiger partial charge is 0.254 e. The zero-order valence-electron chi connectivity index (χ0n) is 13.0. The van der Waals surface area contributed by atoms with Crippen LogP contribution in [0.4, 0.5) is 27.5 Å². The third-order valence-electron chi connectivity index (χ3n) is 3.22. The molecule has 0 aliphatic carbocycles. The summed E-state index contributed by atoms with van der Waals surface area (Å²) in [5.74, 6) is -1.15. The molecule has 0 saturated heterocycles. The normalized spacial score (nSPS) is 10.5. The molecule has 0 fully saturated rings. The lowest BCUT2D eigenvalue weighted by molar-refractivity contribution is 0.100. The number of hydrogen-bond donors (Lipinski definition) is 3. The van der Waals surface area contributed by atoms with Crippen molar-refractivity contribution in [2.45, 2.75) is 0 Å². The summed E-state index contributed by atoms with van der Waals surface area (Å²) < 4.78 is 15.6. The molecule has 8 nitrogen and oxygen atoms in total. The predicted molar refractivity (Wildman–Crippen MR) is 91.7 cm³/mol. The van der Waals surface area contributed by atoms with Gasteiger partial charge in [-0.15, -0.1) is 0 Å². The van der Waals surface area contributed by atoms with Crippen molar-refractivity contribution in [3.8, 4) is 0 Å². The van der Waals surface area contributed by atoms with Crippen LogP contribution < -0.4 is 16.4 Å². The number of nitrogens with two attached hydrogens (primary N) is 1. The summed E-state index contributed by atoms with van der Waals surface area (Å²) in [6, 6.07) is 4.20. The first kappa shape index (κ1) is 16.7. The van der Waals surface area contributed by atoms with Crippen molar-refractivity contribution >= 4 is 40.6 Å². The number of para-hydroxylation sites is 1. The van der Waals surface area contributed by atoms with E-state index in [-0.39, 0.29) is 28.0 Å². The number of aromatic nitrogens is 4. The van der Waals surface area contributed by atoms with E-state index in [0.29, 0.717) is 5.69 Å². The van der Waals surface area contributed by atoms with E-state index in [9.17, 15) is 9.18 Å². The van der Waals surface area contributed by atoms with Crippen LogP contribution in [-0.4, -0.2) is 25.7 Å². The molecule has 0 atom stereocenters. The number of halogens is 2. The summed E-state index contributed by atoms with van der Waals surface area (Å²) in [4.78, 5) is 19.8. The molecule has 1 aromatic carbocycles. The van der Waals surface area contributed by atoms with Crippen LogP contribution in [-0.2, 0) is 7.05 Å². The molecule has 0 bridgehead atoms. The highest BCUT2D eigenvalue weighted by Gasteiger charge is 2.16. The van der Waals surface area contributed by atoms with Gasteiger partial charge in [-0.2, -0.15) is 10.1 Å². The van der Waals surface area contributed by atoms with Gasteiger partial charge in [-0.1, -0.05) is 17.7 Å². The quantitative estimate of drug-likeness (QED) is 0.644. The van der Waals surface area contributed by atoms with Gasteiger partial charge >= 0.3 is 0 Å². The Bertz CT molecular complexity index is 923. The van der Waals surface area contributed by atoms with Crippen LogP contribution in [0.5, 0.6) is 0 Å². The van der Waals surface area contributed by atoms with Gasteiger partial charge in [-0.3, -0.25) is 9.48 Å². The number of hydrogen-bond acceptors (Lipinski definition) is 6. The van der Waals surface area contributed by atoms with E-state index >= 15 is 0 Å². The summed E-state index contributed by atoms with van der Waals surface area (Å²) in [5.41, 5.74) is 5.95. The summed E-state index contributed by atoms with van der Waals surface area (Å²) in [7, 11) is 1.76. The van der Waals surface area contributed by atoms with Crippen molar-refractivity contribution in [1.29, 1.82) is 0 Å². The Morgan fingerprint density at radius 3 is 2.76 bits per heavy atom. The second kappa shape index (κ2) is 6.73. The van der Waals surface area contributed by atoms with Crippen LogP contribution >= 0.6 is 11.6 Å². The van der Waals surface area contributed by atoms with Crippen molar-refractivity contribution in [2.75, 3.05) is 10.6 Å². The number of carbonyl (C=O) groups excluding carboxylic acids is 1. The Balaban J connectivity index is 1.97. The molecule has 0 spiro atoms. The molecule has 4 N–H and O–H groups in total. The van der Waals surface area contributed by atoms with Crippen LogP contribution in [0.2, 0.25) is 5.02 Å². The zero-order valence-corrected chi connectivity index (χ0v) is 13.8. The molecule has 25 heavy (non-hydrogen) atoms. The average Bonchev–Trinajstić information content (AvgIpc) is 2.96. The molecule has 2 heterocycles. The number of rotatable bonds is 5. The van der Waals surface area contributed by atoms with Crippen LogP contribution in [0, 0.1) is 5.82 Å². The minimum absolute atomic E-state index is 0.00365. The Kier molecular flexibility index (Phi) is 4.48. The fourth-order valence-electron chi connectivity index (χ4n) is 2.07. The van der Waals surface area contributed by atoms with Gasteiger partial charge in [-0.25, -0.2) is 9.37 Å². The number of primary amides is 1. The molecule has 10 heteroatoms. The molecule has 2 aromatic heterocycles. The number of amides is 1. The molecule has 1 amide bonds. The topological polar surface area (TPSA) is 111 Å². The van der Waals surface area contributed by atoms with Gasteiger partial charge in [0.1, 0.15) is 17.2 Å². The van der Waals surface area contributed by atoms with Crippen molar-refractivity contribution < 1.29 is 9.18 Å². The fraction of sp³-hybridized carbons (Fsp3) is 0.0667. The van der Waals surface area contributed by atoms with Crippen molar-refractivity contribution in [3.05, 3.63) is 53.2 Å². The van der Waals surface area contributed by atoms with E-state index in [1.54, 1.807) is 24.1 Å². The van der Waals surface area contributed by atoms with Gasteiger partial charge in [-0.05, 0) is 12.1 Å². The highest BCUT2D eigenvalue weighted by Crippen LogP contribution is 2.29. The minimum Gasteiger partial charge on any atom is -0.365 e. The van der Waals surface area contributed by atoms with E-state index < -0.39 is 11.7 Å². The van der Waals surface area contributed by atoms with Gasteiger partial charge in [0.2, 0.25) is 5.95 Å². The zero-order chi connectivity index (χ0) is 18.0. The van der Waals surface area contributed by atoms with Crippen LogP contribution in [0.25, 0.3) is 0 Å². The molecular formula is C15H13ClFN7O. The average molecular weight is 362 g/mol. The Morgan fingerprint density at radius 1 is 1.32 bits per heavy atom. The lowest BCUT2D eigenvalue weighted by Gasteiger charge is -2.12. The van der Waals surface area contributed by atoms with Crippen molar-refractivity contribution in [2.24, 2.45) is 12.8 Å². The third kappa shape index (κ3) is 3.66. The van der Waals surface area contributed by atoms with E-state index in [1.807, 2.05) is 0 Å². The van der Waals surface area contributed by atoms with Gasteiger partial charge in [0.05, 0.1) is 22.6 Å². The molecular weight excluding hydrogens is 349 g/mol. The molecule has 0 aliphatic rings. The van der Waals surface area contributed by atoms with E-state index in [2.05, 4.69) is 25.7 Å². The second-order valence-electron chi connectivity index (χ2n) is 5.07. The predicted octanol–water partition coefficient (Wildman–Crippen LogP) is 2.59. The summed E-state index contributed by atoms with van der Waals surface area (Å²) in [6.07, 6.45) is 4.53. The molecule has 0 saturated carbocycles. The standard InChI is InChI=1S/C15H13ClFN7O/c1-24-7-8(5-20-24)21-15-19-6-9(13(18)25)14(23-15)22-12-10(16)3-2-4-11(12)17/h2-7H,1H3,(H2,18,25)(H2,19,21,22,23). The highest BCUT2D eigenvalue weighted by atomic mass is 35.5. The van der Waals surface area contributed by atoms with Crippen LogP contribution in [0.3, 0.4) is 0 Å². The number of aryl methyl sites for hydroxylation is 1. The molecule has 128 valence electrons. The summed E-state index contributed by atoms with van der Waals surface area (Å²) in [5, 5.41) is 9.77. The van der Waals surface area contributed by atoms with E-state index in [0.717, 1.165) is 0 Å². The molecule has 3 rings (SSSR count). The summed E-state index contributed by atoms with van der Waals surface area (Å²) >= 11 is 5.99. The lowest BCUT2D eigenvalue weighted by atomic mass is 10.2. The summed E-state index contributed by atoms with van der Waals surface area (Å²) in [6.45, 7) is 0. The number of anilines is 4. The first-order chi connectivity index (χ1) is 11.9. The largest absolute Gasteiger partial charge is 0.365 e. The van der Waals surface area contributed by atoms with E-state index in [1.165, 1.54) is 24.4 Å². The van der Waals surface area contributed by atoms with E-state index in [4.69, 9.17) is 17.3 Å². The molecule has 0 aliphatic heterocycles. The third-order valence-corrected chi connectivity index (χ3v) is 3.54. The van der Waals surface area contributed by atoms with Gasteiger partial charge in [0.25, 0.3) is 5.91 Å². The first-order valence-electron chi connectivity index (χ1n) is 7.07. The number of nitrogens with one attached hydrogen (secondary N) is 2. The number of carbonyl (C=O) groups is 1. The number of benzene rings is 1.